The minimum Gasteiger partial charge on any atom is -0.356 e. The monoisotopic (exact) mass is 358 g/mol. The number of aromatic nitrogens is 2. The van der Waals surface area contributed by atoms with Crippen LogP contribution in [0.4, 0.5) is 0 Å². The smallest absolute Gasteiger partial charge is 0.269 e. The van der Waals surface area contributed by atoms with Crippen LogP contribution in [0.15, 0.2) is 12.5 Å². The van der Waals surface area contributed by atoms with E-state index in [4.69, 9.17) is 0 Å². The average Bonchev–Trinajstić information content (AvgIpc) is 3.04. The SMILES string of the molecule is Cn1cncc1C(=O)N[C@@H]1CC[C@@H]1CNC(=O)C1C[C@H]2CCC[C@@H](C1)C2. The van der Waals surface area contributed by atoms with Gasteiger partial charge < -0.3 is 15.2 Å². The van der Waals surface area contributed by atoms with Crippen molar-refractivity contribution in [3.8, 4) is 0 Å². The number of imidazole rings is 1. The minimum atomic E-state index is -0.0777. The molecular weight excluding hydrogens is 328 g/mol. The zero-order chi connectivity index (χ0) is 18.1. The van der Waals surface area contributed by atoms with Gasteiger partial charge in [-0.15, -0.1) is 0 Å². The zero-order valence-corrected chi connectivity index (χ0v) is 15.6. The number of nitrogens with one attached hydrogen (secondary N) is 2. The molecule has 142 valence electrons. The molecule has 1 aromatic rings. The van der Waals surface area contributed by atoms with Crippen LogP contribution in [-0.4, -0.2) is 34.0 Å². The molecular formula is C20H30N4O2. The molecule has 6 nitrogen and oxygen atoms in total. The second-order valence-corrected chi connectivity index (χ2v) is 8.62. The average molecular weight is 358 g/mol. The molecule has 2 bridgehead atoms. The maximum Gasteiger partial charge on any atom is 0.269 e. The molecule has 0 spiro atoms. The molecule has 0 saturated heterocycles. The van der Waals surface area contributed by atoms with Gasteiger partial charge in [0.25, 0.3) is 5.91 Å². The molecule has 1 unspecified atom stereocenters. The highest BCUT2D eigenvalue weighted by molar-refractivity contribution is 5.92. The zero-order valence-electron chi connectivity index (χ0n) is 15.6. The van der Waals surface area contributed by atoms with Crippen LogP contribution in [0.1, 0.15) is 61.9 Å². The van der Waals surface area contributed by atoms with Crippen LogP contribution in [0.2, 0.25) is 0 Å². The highest BCUT2D eigenvalue weighted by Gasteiger charge is 2.37. The fraction of sp³-hybridized carbons (Fsp3) is 0.750. The van der Waals surface area contributed by atoms with Crippen molar-refractivity contribution in [1.82, 2.24) is 20.2 Å². The Hall–Kier alpha value is -1.85. The summed E-state index contributed by atoms with van der Waals surface area (Å²) in [6, 6.07) is 0.156. The molecule has 6 heteroatoms. The Morgan fingerprint density at radius 1 is 1.15 bits per heavy atom. The Balaban J connectivity index is 1.24. The molecule has 4 rings (SSSR count). The molecule has 2 N–H and O–H groups in total. The highest BCUT2D eigenvalue weighted by Crippen LogP contribution is 2.42. The fourth-order valence-corrected chi connectivity index (χ4v) is 5.14. The van der Waals surface area contributed by atoms with Gasteiger partial charge in [-0.05, 0) is 49.9 Å². The van der Waals surface area contributed by atoms with Gasteiger partial charge in [0.2, 0.25) is 5.91 Å². The Morgan fingerprint density at radius 3 is 2.54 bits per heavy atom. The number of carbonyl (C=O) groups excluding carboxylic acids is 2. The van der Waals surface area contributed by atoms with Crippen molar-refractivity contribution in [2.75, 3.05) is 6.54 Å². The maximum atomic E-state index is 12.6. The van der Waals surface area contributed by atoms with Crippen LogP contribution < -0.4 is 10.6 Å². The molecule has 2 amide bonds. The van der Waals surface area contributed by atoms with Crippen molar-refractivity contribution in [3.05, 3.63) is 18.2 Å². The number of nitrogens with zero attached hydrogens (tertiary/aromatic N) is 2. The van der Waals surface area contributed by atoms with Crippen LogP contribution in [0.5, 0.6) is 0 Å². The molecule has 0 aromatic carbocycles. The molecule has 3 aliphatic rings. The van der Waals surface area contributed by atoms with E-state index in [-0.39, 0.29) is 23.8 Å². The van der Waals surface area contributed by atoms with Crippen LogP contribution in [-0.2, 0) is 11.8 Å². The van der Waals surface area contributed by atoms with Crippen molar-refractivity contribution in [2.24, 2.45) is 30.7 Å². The number of fused-ring (bicyclic) bond motifs is 2. The van der Waals surface area contributed by atoms with Gasteiger partial charge in [0.05, 0.1) is 12.5 Å². The van der Waals surface area contributed by atoms with Crippen molar-refractivity contribution in [1.29, 1.82) is 0 Å². The van der Waals surface area contributed by atoms with E-state index in [0.717, 1.165) is 37.5 Å². The second-order valence-electron chi connectivity index (χ2n) is 8.62. The standard InChI is InChI=1S/C20H30N4O2/c1-24-12-21-11-18(24)20(26)23-17-6-5-15(17)10-22-19(25)16-8-13-3-2-4-14(7-13)9-16/h11-17H,2-10H2,1H3,(H,22,25)(H,23,26)/t13-,14+,15-,16?,17-/m1/s1. The fourth-order valence-electron chi connectivity index (χ4n) is 5.14. The van der Waals surface area contributed by atoms with Crippen molar-refractivity contribution < 1.29 is 9.59 Å². The highest BCUT2D eigenvalue weighted by atomic mass is 16.2. The number of carbonyl (C=O) groups is 2. The second kappa shape index (κ2) is 7.41. The normalized spacial score (nSPS) is 33.2. The van der Waals surface area contributed by atoms with Gasteiger partial charge in [-0.1, -0.05) is 19.3 Å². The van der Waals surface area contributed by atoms with Gasteiger partial charge in [0.1, 0.15) is 5.69 Å². The molecule has 1 aromatic heterocycles. The third kappa shape index (κ3) is 3.64. The Kier molecular flexibility index (Phi) is 5.00. The first-order valence-electron chi connectivity index (χ1n) is 10.1. The lowest BCUT2D eigenvalue weighted by Crippen LogP contribution is -2.51. The quantitative estimate of drug-likeness (QED) is 0.848. The summed E-state index contributed by atoms with van der Waals surface area (Å²) in [5.74, 6) is 2.26. The van der Waals surface area contributed by atoms with E-state index < -0.39 is 0 Å². The first-order valence-corrected chi connectivity index (χ1v) is 10.1. The topological polar surface area (TPSA) is 76.0 Å². The first-order chi connectivity index (χ1) is 12.6. The number of hydrogen-bond acceptors (Lipinski definition) is 3. The largest absolute Gasteiger partial charge is 0.356 e. The van der Waals surface area contributed by atoms with E-state index >= 15 is 0 Å². The van der Waals surface area contributed by atoms with E-state index in [9.17, 15) is 9.59 Å². The van der Waals surface area contributed by atoms with Crippen molar-refractivity contribution in [2.45, 2.75) is 57.4 Å². The summed E-state index contributed by atoms with van der Waals surface area (Å²) in [7, 11) is 1.82. The molecule has 3 fully saturated rings. The van der Waals surface area contributed by atoms with E-state index in [2.05, 4.69) is 15.6 Å². The summed E-state index contributed by atoms with van der Waals surface area (Å²) in [5.41, 5.74) is 0.577. The minimum absolute atomic E-state index is 0.0777. The molecule has 1 heterocycles. The molecule has 3 aliphatic carbocycles. The molecule has 0 aliphatic heterocycles. The number of hydrogen-bond donors (Lipinski definition) is 2. The van der Waals surface area contributed by atoms with Crippen molar-refractivity contribution >= 4 is 11.8 Å². The van der Waals surface area contributed by atoms with Gasteiger partial charge in [0.15, 0.2) is 0 Å². The Labute approximate surface area is 155 Å². The summed E-state index contributed by atoms with van der Waals surface area (Å²) < 4.78 is 1.73. The van der Waals surface area contributed by atoms with Crippen LogP contribution in [0, 0.1) is 23.7 Å². The van der Waals surface area contributed by atoms with Gasteiger partial charge in [-0.25, -0.2) is 4.98 Å². The lowest BCUT2D eigenvalue weighted by Gasteiger charge is -2.40. The molecule has 3 saturated carbocycles. The third-order valence-electron chi connectivity index (χ3n) is 6.82. The van der Waals surface area contributed by atoms with E-state index in [1.54, 1.807) is 17.1 Å². The lowest BCUT2D eigenvalue weighted by molar-refractivity contribution is -0.128. The lowest BCUT2D eigenvalue weighted by atomic mass is 9.68. The summed E-state index contributed by atoms with van der Waals surface area (Å²) in [5, 5.41) is 6.28. The van der Waals surface area contributed by atoms with E-state index in [0.29, 0.717) is 18.2 Å². The summed E-state index contributed by atoms with van der Waals surface area (Å²) >= 11 is 0. The number of aryl methyl sites for hydroxylation is 1. The van der Waals surface area contributed by atoms with E-state index in [1.165, 1.54) is 25.7 Å². The van der Waals surface area contributed by atoms with E-state index in [1.807, 2.05) is 7.05 Å². The van der Waals surface area contributed by atoms with Gasteiger partial charge in [-0.2, -0.15) is 0 Å². The number of rotatable bonds is 5. The Morgan fingerprint density at radius 2 is 1.92 bits per heavy atom. The van der Waals surface area contributed by atoms with Crippen LogP contribution in [0.25, 0.3) is 0 Å². The van der Waals surface area contributed by atoms with Gasteiger partial charge >= 0.3 is 0 Å². The number of amides is 2. The molecule has 26 heavy (non-hydrogen) atoms. The Bertz CT molecular complexity index is 659. The molecule has 0 radical (unpaired) electrons. The molecule has 5 atom stereocenters. The third-order valence-corrected chi connectivity index (χ3v) is 6.82. The maximum absolute atomic E-state index is 12.6. The van der Waals surface area contributed by atoms with Crippen LogP contribution in [0.3, 0.4) is 0 Å². The first kappa shape index (κ1) is 17.6. The van der Waals surface area contributed by atoms with Gasteiger partial charge in [0, 0.05) is 25.6 Å². The summed E-state index contributed by atoms with van der Waals surface area (Å²) in [6.07, 6.45) is 12.7. The van der Waals surface area contributed by atoms with Crippen molar-refractivity contribution in [3.63, 3.8) is 0 Å². The summed E-state index contributed by atoms with van der Waals surface area (Å²) in [6.45, 7) is 0.682. The van der Waals surface area contributed by atoms with Gasteiger partial charge in [-0.3, -0.25) is 9.59 Å². The predicted molar refractivity (Wildman–Crippen MR) is 98.4 cm³/mol. The predicted octanol–water partition coefficient (Wildman–Crippen LogP) is 2.26. The summed E-state index contributed by atoms with van der Waals surface area (Å²) in [4.78, 5) is 28.9. The van der Waals surface area contributed by atoms with Crippen LogP contribution >= 0.6 is 0 Å².